The van der Waals surface area contributed by atoms with Crippen LogP contribution in [-0.2, 0) is 13.3 Å². The fourth-order valence-electron chi connectivity index (χ4n) is 4.95. The van der Waals surface area contributed by atoms with Crippen LogP contribution in [0.1, 0.15) is 143 Å². The fourth-order valence-corrected chi connectivity index (χ4v) is 8.73. The van der Waals surface area contributed by atoms with Crippen molar-refractivity contribution in [3.05, 3.63) is 0 Å². The minimum Gasteiger partial charge on any atom is -0.374 e. The second-order valence-corrected chi connectivity index (χ2v) is 15.0. The molecule has 0 spiro atoms. The van der Waals surface area contributed by atoms with Gasteiger partial charge < -0.3 is 18.6 Å². The topological polar surface area (TPSA) is 78.4 Å². The molecule has 0 bridgehead atoms. The minimum absolute atomic E-state index is 0.496. The Labute approximate surface area is 263 Å². The third kappa shape index (κ3) is 21.0. The van der Waals surface area contributed by atoms with Crippen molar-refractivity contribution in [2.75, 3.05) is 37.4 Å². The van der Waals surface area contributed by atoms with Gasteiger partial charge in [0.25, 0.3) is 0 Å². The SMILES string of the molecule is CCCCNc1nc(S)nc(SCCCCCCCCCCCCCCCCCC[Si](OCC)(OCC)OCC)n1. The molecule has 0 aliphatic heterocycles. The normalized spacial score (nSPS) is 11.8. The standard InChI is InChI=1S/C31H62N4O3S2Si/c1-5-9-26-32-29-33-30(39)35-31(34-29)40-27-24-22-20-18-16-14-12-10-11-13-15-17-19-21-23-25-28-41(36-6-2,37-7-3)38-8-4/h5-28H2,1-4H3,(H2,32,33,34,35,39). The summed E-state index contributed by atoms with van der Waals surface area (Å²) < 4.78 is 17.9. The average molecular weight is 631 g/mol. The number of nitrogens with zero attached hydrogens (tertiary/aromatic N) is 3. The molecule has 0 fully saturated rings. The first kappa shape index (κ1) is 38.6. The molecule has 0 saturated heterocycles. The largest absolute Gasteiger partial charge is 0.500 e. The fraction of sp³-hybridized carbons (Fsp3) is 0.903. The van der Waals surface area contributed by atoms with E-state index in [0.29, 0.717) is 30.9 Å². The first-order chi connectivity index (χ1) is 20.1. The van der Waals surface area contributed by atoms with Crippen molar-refractivity contribution in [3.63, 3.8) is 0 Å². The summed E-state index contributed by atoms with van der Waals surface area (Å²) in [7, 11) is -2.44. The highest BCUT2D eigenvalue weighted by Crippen LogP contribution is 2.22. The van der Waals surface area contributed by atoms with Crippen molar-refractivity contribution < 1.29 is 13.3 Å². The van der Waals surface area contributed by atoms with Crippen LogP contribution in [0.15, 0.2) is 10.3 Å². The van der Waals surface area contributed by atoms with Gasteiger partial charge in [0.2, 0.25) is 5.95 Å². The van der Waals surface area contributed by atoms with Crippen LogP contribution in [0.3, 0.4) is 0 Å². The van der Waals surface area contributed by atoms with Crippen molar-refractivity contribution in [1.82, 2.24) is 15.0 Å². The van der Waals surface area contributed by atoms with Gasteiger partial charge in [-0.15, -0.1) is 12.6 Å². The van der Waals surface area contributed by atoms with Gasteiger partial charge in [-0.1, -0.05) is 115 Å². The molecule has 0 aliphatic rings. The molecule has 0 atom stereocenters. The maximum absolute atomic E-state index is 5.96. The number of thiol groups is 1. The predicted molar refractivity (Wildman–Crippen MR) is 181 cm³/mol. The van der Waals surface area contributed by atoms with E-state index in [1.807, 2.05) is 20.8 Å². The summed E-state index contributed by atoms with van der Waals surface area (Å²) in [5.41, 5.74) is 0. The summed E-state index contributed by atoms with van der Waals surface area (Å²) in [6.07, 6.45) is 23.7. The van der Waals surface area contributed by atoms with Crippen LogP contribution < -0.4 is 5.32 Å². The molecule has 0 unspecified atom stereocenters. The van der Waals surface area contributed by atoms with E-state index in [4.69, 9.17) is 13.3 Å². The molecule has 0 aliphatic carbocycles. The molecule has 1 aromatic heterocycles. The summed E-state index contributed by atoms with van der Waals surface area (Å²) >= 11 is 6.05. The molecule has 1 aromatic rings. The predicted octanol–water partition coefficient (Wildman–Crippen LogP) is 9.75. The number of aromatic nitrogens is 3. The molecule has 1 N–H and O–H groups in total. The van der Waals surface area contributed by atoms with Crippen molar-refractivity contribution in [3.8, 4) is 0 Å². The molecule has 1 rings (SSSR count). The van der Waals surface area contributed by atoms with Crippen LogP contribution in [0.4, 0.5) is 5.95 Å². The molecule has 10 heteroatoms. The Bertz CT molecular complexity index is 720. The Morgan fingerprint density at radius 2 is 1.07 bits per heavy atom. The van der Waals surface area contributed by atoms with Crippen LogP contribution in [0.5, 0.6) is 0 Å². The van der Waals surface area contributed by atoms with E-state index < -0.39 is 8.80 Å². The van der Waals surface area contributed by atoms with E-state index in [2.05, 4.69) is 39.8 Å². The quantitative estimate of drug-likeness (QED) is 0.0376. The van der Waals surface area contributed by atoms with Crippen molar-refractivity contribution in [1.29, 1.82) is 0 Å². The first-order valence-electron chi connectivity index (χ1n) is 16.8. The number of unbranched alkanes of at least 4 members (excludes halogenated alkanes) is 16. The maximum atomic E-state index is 5.96. The second kappa shape index (κ2) is 27.2. The summed E-state index contributed by atoms with van der Waals surface area (Å²) in [4.78, 5) is 13.1. The van der Waals surface area contributed by atoms with Crippen LogP contribution >= 0.6 is 24.4 Å². The van der Waals surface area contributed by atoms with Gasteiger partial charge in [0.1, 0.15) is 0 Å². The van der Waals surface area contributed by atoms with Crippen LogP contribution in [0, 0.1) is 0 Å². The van der Waals surface area contributed by atoms with Gasteiger partial charge in [-0.05, 0) is 40.0 Å². The molecular weight excluding hydrogens is 569 g/mol. The highest BCUT2D eigenvalue weighted by atomic mass is 32.2. The smallest absolute Gasteiger partial charge is 0.374 e. The highest BCUT2D eigenvalue weighted by Gasteiger charge is 2.39. The van der Waals surface area contributed by atoms with E-state index in [9.17, 15) is 0 Å². The van der Waals surface area contributed by atoms with Gasteiger partial charge >= 0.3 is 8.80 Å². The van der Waals surface area contributed by atoms with Gasteiger partial charge in [-0.25, -0.2) is 0 Å². The summed E-state index contributed by atoms with van der Waals surface area (Å²) in [5, 5.41) is 4.55. The number of hydrogen-bond donors (Lipinski definition) is 2. The molecule has 0 amide bonds. The number of nitrogens with one attached hydrogen (secondary N) is 1. The number of anilines is 1. The molecule has 41 heavy (non-hydrogen) atoms. The number of hydrogen-bond acceptors (Lipinski definition) is 9. The monoisotopic (exact) mass is 630 g/mol. The lowest BCUT2D eigenvalue weighted by molar-refractivity contribution is 0.0706. The lowest BCUT2D eigenvalue weighted by atomic mass is 10.0. The molecule has 240 valence electrons. The summed E-state index contributed by atoms with van der Waals surface area (Å²) in [6, 6.07) is 0.957. The lowest BCUT2D eigenvalue weighted by Gasteiger charge is -2.28. The second-order valence-electron chi connectivity index (χ2n) is 10.8. The minimum atomic E-state index is -2.44. The van der Waals surface area contributed by atoms with Gasteiger partial charge in [0, 0.05) is 38.2 Å². The van der Waals surface area contributed by atoms with Crippen LogP contribution in [0.25, 0.3) is 0 Å². The average Bonchev–Trinajstić information content (AvgIpc) is 2.94. The van der Waals surface area contributed by atoms with E-state index in [1.54, 1.807) is 11.8 Å². The van der Waals surface area contributed by atoms with Crippen molar-refractivity contribution >= 4 is 39.1 Å². The third-order valence-corrected chi connectivity index (χ3v) is 11.4. The molecular formula is C31H62N4O3S2Si. The Balaban J connectivity index is 1.89. The van der Waals surface area contributed by atoms with Gasteiger partial charge in [-0.3, -0.25) is 0 Å². The van der Waals surface area contributed by atoms with Crippen molar-refractivity contribution in [2.45, 2.75) is 160 Å². The summed E-state index contributed by atoms with van der Waals surface area (Å²) in [6.45, 7) is 11.2. The van der Waals surface area contributed by atoms with Gasteiger partial charge in [-0.2, -0.15) is 15.0 Å². The van der Waals surface area contributed by atoms with Crippen molar-refractivity contribution in [2.24, 2.45) is 0 Å². The lowest BCUT2D eigenvalue weighted by Crippen LogP contribution is -2.45. The Hall–Kier alpha value is -0.393. The Morgan fingerprint density at radius 3 is 1.54 bits per heavy atom. The van der Waals surface area contributed by atoms with E-state index in [1.165, 1.54) is 96.3 Å². The molecule has 7 nitrogen and oxygen atoms in total. The van der Waals surface area contributed by atoms with Crippen LogP contribution in [0.2, 0.25) is 6.04 Å². The highest BCUT2D eigenvalue weighted by molar-refractivity contribution is 7.99. The van der Waals surface area contributed by atoms with Gasteiger partial charge in [0.05, 0.1) is 0 Å². The maximum Gasteiger partial charge on any atom is 0.500 e. The zero-order chi connectivity index (χ0) is 29.9. The Morgan fingerprint density at radius 1 is 0.610 bits per heavy atom. The molecule has 1 heterocycles. The van der Waals surface area contributed by atoms with E-state index >= 15 is 0 Å². The summed E-state index contributed by atoms with van der Waals surface area (Å²) in [5.74, 6) is 1.71. The number of thioether (sulfide) groups is 1. The third-order valence-electron chi connectivity index (χ3n) is 7.12. The molecule has 0 saturated carbocycles. The van der Waals surface area contributed by atoms with E-state index in [-0.39, 0.29) is 0 Å². The Kier molecular flexibility index (Phi) is 25.6. The zero-order valence-electron chi connectivity index (χ0n) is 26.9. The number of rotatable bonds is 30. The van der Waals surface area contributed by atoms with E-state index in [0.717, 1.165) is 42.8 Å². The first-order valence-corrected chi connectivity index (χ1v) is 20.2. The van der Waals surface area contributed by atoms with Crippen LogP contribution in [-0.4, -0.2) is 55.9 Å². The molecule has 0 aromatic carbocycles. The molecule has 0 radical (unpaired) electrons. The zero-order valence-corrected chi connectivity index (χ0v) is 29.6. The van der Waals surface area contributed by atoms with Gasteiger partial charge in [0.15, 0.2) is 10.3 Å².